The van der Waals surface area contributed by atoms with Gasteiger partial charge in [-0.05, 0) is 26.3 Å². The van der Waals surface area contributed by atoms with Crippen molar-refractivity contribution in [1.82, 2.24) is 5.32 Å². The van der Waals surface area contributed by atoms with E-state index in [9.17, 15) is 9.90 Å². The maximum atomic E-state index is 11.5. The molecule has 1 unspecified atom stereocenters. The lowest BCUT2D eigenvalue weighted by atomic mass is 10.1. The number of carbonyl (C=O) groups is 1. The molecule has 2 N–H and O–H groups in total. The van der Waals surface area contributed by atoms with Gasteiger partial charge in [-0.15, -0.1) is 0 Å². The Morgan fingerprint density at radius 3 is 2.67 bits per heavy atom. The van der Waals surface area contributed by atoms with E-state index in [2.05, 4.69) is 5.32 Å². The Balaban J connectivity index is 2.64. The van der Waals surface area contributed by atoms with Gasteiger partial charge in [0.1, 0.15) is 5.75 Å². The van der Waals surface area contributed by atoms with Crippen LogP contribution in [0, 0.1) is 0 Å². The molecule has 1 amide bonds. The second-order valence-electron chi connectivity index (χ2n) is 4.47. The summed E-state index contributed by atoms with van der Waals surface area (Å²) >= 11 is 0. The fraction of sp³-hybridized carbons (Fsp3) is 0.500. The third-order valence-corrected chi connectivity index (χ3v) is 2.47. The Bertz CT molecular complexity index is 390. The predicted molar refractivity (Wildman–Crippen MR) is 70.5 cm³/mol. The first-order valence-electron chi connectivity index (χ1n) is 6.23. The monoisotopic (exact) mass is 251 g/mol. The van der Waals surface area contributed by atoms with Gasteiger partial charge in [0.05, 0.1) is 6.10 Å². The third-order valence-electron chi connectivity index (χ3n) is 2.47. The topological polar surface area (TPSA) is 58.6 Å². The van der Waals surface area contributed by atoms with E-state index in [4.69, 9.17) is 4.74 Å². The van der Waals surface area contributed by atoms with Gasteiger partial charge in [-0.1, -0.05) is 25.1 Å². The molecule has 1 rings (SSSR count). The van der Waals surface area contributed by atoms with Crippen LogP contribution in [0.4, 0.5) is 0 Å². The first-order chi connectivity index (χ1) is 8.54. The Hall–Kier alpha value is -1.55. The Morgan fingerprint density at radius 2 is 2.06 bits per heavy atom. The molecular formula is C14H21NO3. The van der Waals surface area contributed by atoms with Crippen LogP contribution < -0.4 is 10.1 Å². The van der Waals surface area contributed by atoms with Crippen LogP contribution >= 0.6 is 0 Å². The van der Waals surface area contributed by atoms with Crippen molar-refractivity contribution in [2.24, 2.45) is 0 Å². The van der Waals surface area contributed by atoms with Crippen LogP contribution in [-0.4, -0.2) is 23.7 Å². The summed E-state index contributed by atoms with van der Waals surface area (Å²) in [4.78, 5) is 11.5. The van der Waals surface area contributed by atoms with Crippen molar-refractivity contribution in [3.63, 3.8) is 0 Å². The number of hydrogen-bond acceptors (Lipinski definition) is 3. The summed E-state index contributed by atoms with van der Waals surface area (Å²) in [7, 11) is 0. The van der Waals surface area contributed by atoms with Crippen molar-refractivity contribution in [3.05, 3.63) is 29.8 Å². The zero-order chi connectivity index (χ0) is 13.5. The highest BCUT2D eigenvalue weighted by Crippen LogP contribution is 2.26. The van der Waals surface area contributed by atoms with Crippen LogP contribution in [0.1, 0.15) is 38.9 Å². The minimum Gasteiger partial charge on any atom is -0.483 e. The summed E-state index contributed by atoms with van der Waals surface area (Å²) in [6.45, 7) is 5.65. The standard InChI is InChI=1S/C14H21NO3/c1-4-12(16)11-7-5-6-8-13(11)18-9-14(17)15-10(2)3/h5-8,10,12,16H,4,9H2,1-3H3,(H,15,17). The zero-order valence-electron chi connectivity index (χ0n) is 11.1. The number of aliphatic hydroxyl groups excluding tert-OH is 1. The number of nitrogens with one attached hydrogen (secondary N) is 1. The number of carbonyl (C=O) groups excluding carboxylic acids is 1. The first-order valence-corrected chi connectivity index (χ1v) is 6.23. The van der Waals surface area contributed by atoms with Gasteiger partial charge in [0.2, 0.25) is 0 Å². The number of ether oxygens (including phenoxy) is 1. The summed E-state index contributed by atoms with van der Waals surface area (Å²) in [5.74, 6) is 0.400. The maximum Gasteiger partial charge on any atom is 0.258 e. The molecular weight excluding hydrogens is 230 g/mol. The fourth-order valence-electron chi connectivity index (χ4n) is 1.61. The van der Waals surface area contributed by atoms with E-state index in [1.165, 1.54) is 0 Å². The Kier molecular flexibility index (Phi) is 5.65. The molecule has 4 heteroatoms. The highest BCUT2D eigenvalue weighted by molar-refractivity contribution is 5.77. The molecule has 0 fully saturated rings. The molecule has 0 heterocycles. The highest BCUT2D eigenvalue weighted by atomic mass is 16.5. The SMILES string of the molecule is CCC(O)c1ccccc1OCC(=O)NC(C)C. The minimum atomic E-state index is -0.561. The van der Waals surface area contributed by atoms with Crippen molar-refractivity contribution in [2.75, 3.05) is 6.61 Å². The van der Waals surface area contributed by atoms with Crippen LogP contribution in [-0.2, 0) is 4.79 Å². The molecule has 4 nitrogen and oxygen atoms in total. The van der Waals surface area contributed by atoms with Gasteiger partial charge in [-0.25, -0.2) is 0 Å². The molecule has 1 atom stereocenters. The van der Waals surface area contributed by atoms with E-state index in [-0.39, 0.29) is 18.6 Å². The van der Waals surface area contributed by atoms with Crippen molar-refractivity contribution in [1.29, 1.82) is 0 Å². The summed E-state index contributed by atoms with van der Waals surface area (Å²) in [5, 5.41) is 12.6. The second-order valence-corrected chi connectivity index (χ2v) is 4.47. The molecule has 0 saturated carbocycles. The molecule has 18 heavy (non-hydrogen) atoms. The molecule has 0 aliphatic heterocycles. The van der Waals surface area contributed by atoms with Crippen molar-refractivity contribution >= 4 is 5.91 Å². The second kappa shape index (κ2) is 7.01. The smallest absolute Gasteiger partial charge is 0.258 e. The van der Waals surface area contributed by atoms with Gasteiger partial charge in [0.25, 0.3) is 5.91 Å². The molecule has 0 aromatic heterocycles. The molecule has 0 saturated heterocycles. The molecule has 100 valence electrons. The fourth-order valence-corrected chi connectivity index (χ4v) is 1.61. The van der Waals surface area contributed by atoms with Crippen molar-refractivity contribution in [2.45, 2.75) is 39.3 Å². The molecule has 0 radical (unpaired) electrons. The van der Waals surface area contributed by atoms with Gasteiger partial charge in [-0.3, -0.25) is 4.79 Å². The van der Waals surface area contributed by atoms with Crippen LogP contribution in [0.2, 0.25) is 0 Å². The van der Waals surface area contributed by atoms with Crippen molar-refractivity contribution in [3.8, 4) is 5.75 Å². The van der Waals surface area contributed by atoms with Gasteiger partial charge in [0.15, 0.2) is 6.61 Å². The summed E-state index contributed by atoms with van der Waals surface area (Å²) in [6.07, 6.45) is 0.0489. The molecule has 0 bridgehead atoms. The van der Waals surface area contributed by atoms with Gasteiger partial charge in [-0.2, -0.15) is 0 Å². The lowest BCUT2D eigenvalue weighted by molar-refractivity contribution is -0.123. The average molecular weight is 251 g/mol. The van der Waals surface area contributed by atoms with Gasteiger partial charge < -0.3 is 15.2 Å². The van der Waals surface area contributed by atoms with Crippen LogP contribution in [0.3, 0.4) is 0 Å². The molecule has 1 aromatic carbocycles. The number of rotatable bonds is 6. The van der Waals surface area contributed by atoms with Gasteiger partial charge >= 0.3 is 0 Å². The highest BCUT2D eigenvalue weighted by Gasteiger charge is 2.12. The lowest BCUT2D eigenvalue weighted by Crippen LogP contribution is -2.34. The first kappa shape index (κ1) is 14.5. The Morgan fingerprint density at radius 1 is 1.39 bits per heavy atom. The van der Waals surface area contributed by atoms with E-state index >= 15 is 0 Å². The maximum absolute atomic E-state index is 11.5. The normalized spacial score (nSPS) is 12.3. The summed E-state index contributed by atoms with van der Waals surface area (Å²) < 4.78 is 5.45. The summed E-state index contributed by atoms with van der Waals surface area (Å²) in [6, 6.07) is 7.33. The number of benzene rings is 1. The quantitative estimate of drug-likeness (QED) is 0.813. The van der Waals surface area contributed by atoms with E-state index in [1.807, 2.05) is 39.0 Å². The minimum absolute atomic E-state index is 0.0361. The molecule has 0 spiro atoms. The van der Waals surface area contributed by atoms with E-state index in [0.29, 0.717) is 12.2 Å². The van der Waals surface area contributed by atoms with Crippen LogP contribution in [0.5, 0.6) is 5.75 Å². The molecule has 1 aromatic rings. The number of aliphatic hydroxyl groups is 1. The number of hydrogen-bond donors (Lipinski definition) is 2. The number of amides is 1. The van der Waals surface area contributed by atoms with E-state index < -0.39 is 6.10 Å². The van der Waals surface area contributed by atoms with E-state index in [1.54, 1.807) is 6.07 Å². The summed E-state index contributed by atoms with van der Waals surface area (Å²) in [5.41, 5.74) is 0.720. The lowest BCUT2D eigenvalue weighted by Gasteiger charge is -2.15. The molecule has 0 aliphatic rings. The van der Waals surface area contributed by atoms with Gasteiger partial charge in [0, 0.05) is 11.6 Å². The molecule has 0 aliphatic carbocycles. The van der Waals surface area contributed by atoms with Crippen molar-refractivity contribution < 1.29 is 14.6 Å². The average Bonchev–Trinajstić information content (AvgIpc) is 2.35. The Labute approximate surface area is 108 Å². The third kappa shape index (κ3) is 4.37. The van der Waals surface area contributed by atoms with Crippen LogP contribution in [0.25, 0.3) is 0 Å². The van der Waals surface area contributed by atoms with E-state index in [0.717, 1.165) is 5.56 Å². The predicted octanol–water partition coefficient (Wildman–Crippen LogP) is 2.03. The largest absolute Gasteiger partial charge is 0.483 e. The number of para-hydroxylation sites is 1. The van der Waals surface area contributed by atoms with Crippen LogP contribution in [0.15, 0.2) is 24.3 Å². The zero-order valence-corrected chi connectivity index (χ0v) is 11.1.